The van der Waals surface area contributed by atoms with Gasteiger partial charge in [0, 0.05) is 5.57 Å². The summed E-state index contributed by atoms with van der Waals surface area (Å²) in [6.45, 7) is 4.50. The Bertz CT molecular complexity index is 546. The topological polar surface area (TPSA) is 89.9 Å². The maximum Gasteiger partial charge on any atom is 0.349 e. The first-order chi connectivity index (χ1) is 9.38. The molecule has 0 spiro atoms. The highest BCUT2D eigenvalue weighted by Gasteiger charge is 2.15. The van der Waals surface area contributed by atoms with E-state index in [-0.39, 0.29) is 5.57 Å². The first-order valence-electron chi connectivity index (χ1n) is 5.72. The number of benzene rings is 1. The molecule has 0 aromatic heterocycles. The number of carbonyl (C=O) groups excluding carboxylic acids is 2. The van der Waals surface area contributed by atoms with Gasteiger partial charge in [-0.1, -0.05) is 18.7 Å². The van der Waals surface area contributed by atoms with E-state index in [0.29, 0.717) is 5.75 Å². The molecule has 1 aromatic carbocycles. The van der Waals surface area contributed by atoms with Crippen molar-refractivity contribution in [2.45, 2.75) is 13.3 Å². The van der Waals surface area contributed by atoms with Gasteiger partial charge in [0.15, 0.2) is 6.61 Å². The predicted molar refractivity (Wildman–Crippen MR) is 69.2 cm³/mol. The summed E-state index contributed by atoms with van der Waals surface area (Å²) in [7, 11) is 0. The molecule has 0 radical (unpaired) electrons. The Morgan fingerprint density at radius 1 is 1.30 bits per heavy atom. The highest BCUT2D eigenvalue weighted by Crippen LogP contribution is 2.12. The summed E-state index contributed by atoms with van der Waals surface area (Å²) in [5.74, 6) is -2.55. The summed E-state index contributed by atoms with van der Waals surface area (Å²) in [5, 5.41) is 8.47. The third-order valence-electron chi connectivity index (χ3n) is 2.20. The average Bonchev–Trinajstić information content (AvgIpc) is 2.35. The summed E-state index contributed by atoms with van der Waals surface area (Å²) in [5.41, 5.74) is 0.683. The van der Waals surface area contributed by atoms with Crippen LogP contribution in [0, 0.1) is 6.92 Å². The molecular formula is C14H14O6. The fraction of sp³-hybridized carbons (Fsp3) is 0.214. The Labute approximate surface area is 115 Å². The van der Waals surface area contributed by atoms with Crippen LogP contribution in [0.2, 0.25) is 0 Å². The Balaban J connectivity index is 2.42. The summed E-state index contributed by atoms with van der Waals surface area (Å²) in [6.07, 6.45) is -0.536. The number of carbonyl (C=O) groups is 3. The van der Waals surface area contributed by atoms with Crippen LogP contribution in [0.1, 0.15) is 12.0 Å². The van der Waals surface area contributed by atoms with Crippen molar-refractivity contribution in [1.82, 2.24) is 0 Å². The number of aliphatic carboxylic acids is 1. The molecule has 20 heavy (non-hydrogen) atoms. The summed E-state index contributed by atoms with van der Waals surface area (Å²) in [6, 6.07) is 6.81. The van der Waals surface area contributed by atoms with E-state index in [2.05, 4.69) is 11.3 Å². The van der Waals surface area contributed by atoms with Crippen molar-refractivity contribution in [3.8, 4) is 5.75 Å². The van der Waals surface area contributed by atoms with E-state index < -0.39 is 30.9 Å². The van der Waals surface area contributed by atoms with Gasteiger partial charge in [-0.15, -0.1) is 0 Å². The van der Waals surface area contributed by atoms with Crippen molar-refractivity contribution in [2.24, 2.45) is 0 Å². The second kappa shape index (κ2) is 7.08. The van der Waals surface area contributed by atoms with Crippen molar-refractivity contribution in [3.05, 3.63) is 42.0 Å². The second-order valence-corrected chi connectivity index (χ2v) is 4.04. The minimum atomic E-state index is -1.20. The number of esters is 2. The molecule has 0 aliphatic heterocycles. The lowest BCUT2D eigenvalue weighted by Crippen LogP contribution is -2.20. The smallest absolute Gasteiger partial charge is 0.349 e. The first-order valence-corrected chi connectivity index (χ1v) is 5.72. The lowest BCUT2D eigenvalue weighted by Gasteiger charge is -2.06. The van der Waals surface area contributed by atoms with Crippen LogP contribution in [0.4, 0.5) is 0 Å². The van der Waals surface area contributed by atoms with Crippen LogP contribution in [0.25, 0.3) is 0 Å². The van der Waals surface area contributed by atoms with Crippen LogP contribution in [-0.2, 0) is 19.1 Å². The van der Waals surface area contributed by atoms with Crippen LogP contribution >= 0.6 is 0 Å². The van der Waals surface area contributed by atoms with Crippen LogP contribution in [0.15, 0.2) is 36.4 Å². The minimum absolute atomic E-state index is 0.235. The molecule has 6 heteroatoms. The van der Waals surface area contributed by atoms with Gasteiger partial charge < -0.3 is 14.6 Å². The van der Waals surface area contributed by atoms with Crippen LogP contribution in [-0.4, -0.2) is 29.6 Å². The Hall–Kier alpha value is -2.63. The largest absolute Gasteiger partial charge is 0.481 e. The SMILES string of the molecule is C=C(CC(=O)O)C(=O)OCC(=O)Oc1cccc(C)c1. The van der Waals surface area contributed by atoms with Crippen molar-refractivity contribution in [2.75, 3.05) is 6.61 Å². The molecule has 0 saturated heterocycles. The zero-order valence-corrected chi connectivity index (χ0v) is 10.9. The molecule has 1 N–H and O–H groups in total. The molecule has 0 heterocycles. The van der Waals surface area contributed by atoms with Gasteiger partial charge in [-0.2, -0.15) is 0 Å². The average molecular weight is 278 g/mol. The highest BCUT2D eigenvalue weighted by molar-refractivity contribution is 5.93. The Morgan fingerprint density at radius 3 is 2.60 bits per heavy atom. The van der Waals surface area contributed by atoms with E-state index in [9.17, 15) is 14.4 Å². The van der Waals surface area contributed by atoms with Gasteiger partial charge in [-0.3, -0.25) is 4.79 Å². The number of aryl methyl sites for hydroxylation is 1. The van der Waals surface area contributed by atoms with E-state index >= 15 is 0 Å². The molecule has 106 valence electrons. The predicted octanol–water partition coefficient (Wildman–Crippen LogP) is 1.47. The van der Waals surface area contributed by atoms with Gasteiger partial charge in [0.2, 0.25) is 0 Å². The van der Waals surface area contributed by atoms with Crippen LogP contribution in [0.3, 0.4) is 0 Å². The Morgan fingerprint density at radius 2 is 2.00 bits per heavy atom. The van der Waals surface area contributed by atoms with Gasteiger partial charge in [-0.25, -0.2) is 9.59 Å². The van der Waals surface area contributed by atoms with Gasteiger partial charge in [0.25, 0.3) is 0 Å². The lowest BCUT2D eigenvalue weighted by atomic mass is 10.2. The molecule has 0 atom stereocenters. The number of hydrogen-bond acceptors (Lipinski definition) is 5. The number of carboxylic acids is 1. The number of rotatable bonds is 6. The summed E-state index contributed by atoms with van der Waals surface area (Å²) < 4.78 is 9.54. The van der Waals surface area contributed by atoms with E-state index in [4.69, 9.17) is 9.84 Å². The number of hydrogen-bond donors (Lipinski definition) is 1. The number of carboxylic acid groups (broad SMARTS) is 1. The lowest BCUT2D eigenvalue weighted by molar-refractivity contribution is -0.151. The van der Waals surface area contributed by atoms with Gasteiger partial charge in [0.1, 0.15) is 5.75 Å². The maximum atomic E-state index is 11.4. The molecule has 6 nitrogen and oxygen atoms in total. The molecule has 0 bridgehead atoms. The van der Waals surface area contributed by atoms with E-state index in [1.807, 2.05) is 13.0 Å². The molecule has 0 unspecified atom stereocenters. The molecular weight excluding hydrogens is 264 g/mol. The monoisotopic (exact) mass is 278 g/mol. The standard InChI is InChI=1S/C14H14O6/c1-9-4-3-5-11(6-9)20-13(17)8-19-14(18)10(2)7-12(15)16/h3-6H,2,7-8H2,1H3,(H,15,16). The van der Waals surface area contributed by atoms with E-state index in [0.717, 1.165) is 5.56 Å². The van der Waals surface area contributed by atoms with Crippen molar-refractivity contribution >= 4 is 17.9 Å². The number of ether oxygens (including phenoxy) is 2. The molecule has 0 aliphatic carbocycles. The third kappa shape index (κ3) is 5.34. The normalized spacial score (nSPS) is 9.65. The van der Waals surface area contributed by atoms with Gasteiger partial charge in [0.05, 0.1) is 6.42 Å². The molecule has 0 amide bonds. The van der Waals surface area contributed by atoms with Gasteiger partial charge in [-0.05, 0) is 24.6 Å². The quantitative estimate of drug-likeness (QED) is 0.481. The first kappa shape index (κ1) is 15.4. The fourth-order valence-electron chi connectivity index (χ4n) is 1.32. The second-order valence-electron chi connectivity index (χ2n) is 4.04. The molecule has 0 saturated carbocycles. The molecule has 1 rings (SSSR count). The summed E-state index contributed by atoms with van der Waals surface area (Å²) in [4.78, 5) is 33.1. The molecule has 1 aromatic rings. The highest BCUT2D eigenvalue weighted by atomic mass is 16.6. The molecule has 0 aliphatic rings. The van der Waals surface area contributed by atoms with E-state index in [1.54, 1.807) is 18.2 Å². The van der Waals surface area contributed by atoms with Crippen LogP contribution in [0.5, 0.6) is 5.75 Å². The van der Waals surface area contributed by atoms with Crippen molar-refractivity contribution in [1.29, 1.82) is 0 Å². The Kier molecular flexibility index (Phi) is 5.46. The zero-order valence-electron chi connectivity index (χ0n) is 10.9. The zero-order chi connectivity index (χ0) is 15.1. The van der Waals surface area contributed by atoms with E-state index in [1.165, 1.54) is 0 Å². The maximum absolute atomic E-state index is 11.4. The van der Waals surface area contributed by atoms with Gasteiger partial charge >= 0.3 is 17.9 Å². The fourth-order valence-corrected chi connectivity index (χ4v) is 1.32. The summed E-state index contributed by atoms with van der Waals surface area (Å²) >= 11 is 0. The van der Waals surface area contributed by atoms with Crippen LogP contribution < -0.4 is 4.74 Å². The molecule has 0 fully saturated rings. The third-order valence-corrected chi connectivity index (χ3v) is 2.20. The van der Waals surface area contributed by atoms with Crippen molar-refractivity contribution < 1.29 is 29.0 Å². The van der Waals surface area contributed by atoms with Crippen molar-refractivity contribution in [3.63, 3.8) is 0 Å². The minimum Gasteiger partial charge on any atom is -0.481 e.